The summed E-state index contributed by atoms with van der Waals surface area (Å²) in [6.07, 6.45) is 4.21. The van der Waals surface area contributed by atoms with Crippen molar-refractivity contribution in [3.63, 3.8) is 0 Å². The third-order valence-corrected chi connectivity index (χ3v) is 4.83. The summed E-state index contributed by atoms with van der Waals surface area (Å²) >= 11 is 0. The molecule has 0 amide bonds. The van der Waals surface area contributed by atoms with Gasteiger partial charge in [0.05, 0.1) is 12.6 Å². The Kier molecular flexibility index (Phi) is 6.58. The third-order valence-electron chi connectivity index (χ3n) is 4.83. The van der Waals surface area contributed by atoms with Crippen LogP contribution in [0.2, 0.25) is 0 Å². The Morgan fingerprint density at radius 3 is 2.50 bits per heavy atom. The van der Waals surface area contributed by atoms with Crippen molar-refractivity contribution >= 4 is 10.9 Å². The van der Waals surface area contributed by atoms with E-state index in [9.17, 15) is 9.90 Å². The highest BCUT2D eigenvalue weighted by Gasteiger charge is 2.19. The van der Waals surface area contributed by atoms with E-state index in [1.54, 1.807) is 22.8 Å². The minimum atomic E-state index is -0.236. The van der Waals surface area contributed by atoms with E-state index in [0.29, 0.717) is 24.4 Å². The summed E-state index contributed by atoms with van der Waals surface area (Å²) in [5, 5.41) is 10.7. The lowest BCUT2D eigenvalue weighted by Gasteiger charge is -2.18. The van der Waals surface area contributed by atoms with Gasteiger partial charge in [-0.3, -0.25) is 4.79 Å². The second-order valence-corrected chi connectivity index (χ2v) is 6.86. The zero-order valence-corrected chi connectivity index (χ0v) is 16.5. The maximum Gasteiger partial charge on any atom is 0.297 e. The zero-order valence-electron chi connectivity index (χ0n) is 16.5. The lowest BCUT2D eigenvalue weighted by molar-refractivity contribution is 0.285. The molecule has 1 heterocycles. The van der Waals surface area contributed by atoms with E-state index >= 15 is 0 Å². The van der Waals surface area contributed by atoms with E-state index in [-0.39, 0.29) is 17.1 Å². The maximum atomic E-state index is 13.1. The maximum absolute atomic E-state index is 13.1. The number of benzene rings is 2. The molecule has 28 heavy (non-hydrogen) atoms. The number of hydrogen-bond donors (Lipinski definition) is 1. The molecule has 0 unspecified atom stereocenters. The molecule has 148 valence electrons. The number of phenolic OH excluding ortho intramolecular Hbond substituents is 1. The first-order valence-corrected chi connectivity index (χ1v) is 9.76. The van der Waals surface area contributed by atoms with Crippen molar-refractivity contribution in [3.05, 3.63) is 64.4 Å². The summed E-state index contributed by atoms with van der Waals surface area (Å²) in [7, 11) is 1.49. The second kappa shape index (κ2) is 9.31. The van der Waals surface area contributed by atoms with Crippen LogP contribution in [0.15, 0.2) is 53.3 Å². The van der Waals surface area contributed by atoms with Gasteiger partial charge in [0.2, 0.25) is 5.75 Å². The van der Waals surface area contributed by atoms with Crippen LogP contribution in [-0.4, -0.2) is 16.8 Å². The number of ether oxygens (including phenoxy) is 2. The Bertz CT molecular complexity index is 979. The third kappa shape index (κ3) is 4.30. The number of unbranched alkanes of at least 4 members (excludes halogenated alkanes) is 3. The molecule has 1 aromatic heterocycles. The average Bonchev–Trinajstić information content (AvgIpc) is 2.71. The second-order valence-electron chi connectivity index (χ2n) is 6.86. The summed E-state index contributed by atoms with van der Waals surface area (Å²) < 4.78 is 13.2. The number of aromatic nitrogens is 1. The SMILES string of the molecule is CCCCCCn1c(=O)c(OC)c(OCc2ccccc2)c2ccc(O)cc21. The minimum Gasteiger partial charge on any atom is -0.508 e. The Morgan fingerprint density at radius 2 is 1.79 bits per heavy atom. The van der Waals surface area contributed by atoms with E-state index in [4.69, 9.17) is 9.47 Å². The number of pyridine rings is 1. The first-order chi connectivity index (χ1) is 13.7. The number of aryl methyl sites for hydroxylation is 1. The molecule has 0 saturated heterocycles. The first kappa shape index (κ1) is 19.8. The number of nitrogens with zero attached hydrogens (tertiary/aromatic N) is 1. The van der Waals surface area contributed by atoms with Gasteiger partial charge in [0.25, 0.3) is 5.56 Å². The van der Waals surface area contributed by atoms with Crippen LogP contribution < -0.4 is 15.0 Å². The van der Waals surface area contributed by atoms with Crippen LogP contribution in [0.4, 0.5) is 0 Å². The molecule has 0 fully saturated rings. The van der Waals surface area contributed by atoms with Crippen molar-refractivity contribution in [1.82, 2.24) is 4.57 Å². The van der Waals surface area contributed by atoms with Crippen LogP contribution >= 0.6 is 0 Å². The van der Waals surface area contributed by atoms with Gasteiger partial charge < -0.3 is 19.1 Å². The molecule has 0 aliphatic rings. The summed E-state index contributed by atoms with van der Waals surface area (Å²) in [5.74, 6) is 0.731. The highest BCUT2D eigenvalue weighted by molar-refractivity contribution is 5.89. The number of hydrogen-bond acceptors (Lipinski definition) is 4. The fourth-order valence-corrected chi connectivity index (χ4v) is 3.36. The van der Waals surface area contributed by atoms with Gasteiger partial charge in [-0.15, -0.1) is 0 Å². The standard InChI is InChI=1S/C23H27NO4/c1-3-4-5-9-14-24-20-15-18(25)12-13-19(20)21(22(27-2)23(24)26)28-16-17-10-7-6-8-11-17/h6-8,10-13,15,25H,3-5,9,14,16H2,1-2H3. The van der Waals surface area contributed by atoms with Crippen molar-refractivity contribution in [2.45, 2.75) is 45.8 Å². The van der Waals surface area contributed by atoms with Gasteiger partial charge in [-0.05, 0) is 24.1 Å². The van der Waals surface area contributed by atoms with Crippen molar-refractivity contribution in [1.29, 1.82) is 0 Å². The van der Waals surface area contributed by atoms with Crippen molar-refractivity contribution in [2.24, 2.45) is 0 Å². The van der Waals surface area contributed by atoms with E-state index in [1.807, 2.05) is 30.3 Å². The molecule has 2 aromatic carbocycles. The smallest absolute Gasteiger partial charge is 0.297 e. The minimum absolute atomic E-state index is 0.119. The number of fused-ring (bicyclic) bond motifs is 1. The number of phenols is 1. The van der Waals surface area contributed by atoms with Crippen LogP contribution in [0.3, 0.4) is 0 Å². The fraction of sp³-hybridized carbons (Fsp3) is 0.348. The van der Waals surface area contributed by atoms with Gasteiger partial charge >= 0.3 is 0 Å². The van der Waals surface area contributed by atoms with E-state index in [0.717, 1.165) is 36.6 Å². The molecule has 1 N–H and O–H groups in total. The number of methoxy groups -OCH3 is 1. The van der Waals surface area contributed by atoms with Gasteiger partial charge in [-0.2, -0.15) is 0 Å². The van der Waals surface area contributed by atoms with Gasteiger partial charge in [0.1, 0.15) is 12.4 Å². The summed E-state index contributed by atoms with van der Waals surface area (Å²) in [4.78, 5) is 13.1. The molecule has 0 atom stereocenters. The molecule has 0 bridgehead atoms. The molecule has 0 aliphatic carbocycles. The van der Waals surface area contributed by atoms with E-state index < -0.39 is 0 Å². The number of aromatic hydroxyl groups is 1. The average molecular weight is 381 g/mol. The lowest BCUT2D eigenvalue weighted by Crippen LogP contribution is -2.23. The highest BCUT2D eigenvalue weighted by Crippen LogP contribution is 2.35. The Labute approximate surface area is 165 Å². The molecule has 5 heteroatoms. The van der Waals surface area contributed by atoms with Crippen LogP contribution in [0.5, 0.6) is 17.2 Å². The van der Waals surface area contributed by atoms with Crippen molar-refractivity contribution in [3.8, 4) is 17.2 Å². The van der Waals surface area contributed by atoms with Gasteiger partial charge in [-0.1, -0.05) is 56.5 Å². The van der Waals surface area contributed by atoms with Gasteiger partial charge in [0, 0.05) is 18.0 Å². The molecular formula is C23H27NO4. The fourth-order valence-electron chi connectivity index (χ4n) is 3.36. The monoisotopic (exact) mass is 381 g/mol. The van der Waals surface area contributed by atoms with Crippen LogP contribution in [0.1, 0.15) is 38.2 Å². The zero-order chi connectivity index (χ0) is 19.9. The number of rotatable bonds is 9. The Hall–Kier alpha value is -2.95. The van der Waals surface area contributed by atoms with Crippen LogP contribution in [0, 0.1) is 0 Å². The molecule has 0 spiro atoms. The first-order valence-electron chi connectivity index (χ1n) is 9.76. The largest absolute Gasteiger partial charge is 0.508 e. The highest BCUT2D eigenvalue weighted by atomic mass is 16.5. The molecule has 3 rings (SSSR count). The van der Waals surface area contributed by atoms with Crippen LogP contribution in [-0.2, 0) is 13.2 Å². The van der Waals surface area contributed by atoms with Crippen LogP contribution in [0.25, 0.3) is 10.9 Å². The Morgan fingerprint density at radius 1 is 1.00 bits per heavy atom. The summed E-state index contributed by atoms with van der Waals surface area (Å²) in [6.45, 7) is 3.06. The van der Waals surface area contributed by atoms with Gasteiger partial charge in [-0.25, -0.2) is 0 Å². The summed E-state index contributed by atoms with van der Waals surface area (Å²) in [5.41, 5.74) is 1.42. The molecular weight excluding hydrogens is 354 g/mol. The predicted molar refractivity (Wildman–Crippen MR) is 111 cm³/mol. The molecule has 5 nitrogen and oxygen atoms in total. The van der Waals surface area contributed by atoms with Gasteiger partial charge in [0.15, 0.2) is 5.75 Å². The molecule has 0 radical (unpaired) electrons. The topological polar surface area (TPSA) is 60.7 Å². The Balaban J connectivity index is 2.04. The lowest BCUT2D eigenvalue weighted by atomic mass is 10.1. The van der Waals surface area contributed by atoms with E-state index in [2.05, 4.69) is 6.92 Å². The normalized spacial score (nSPS) is 10.9. The molecule has 0 saturated carbocycles. The van der Waals surface area contributed by atoms with E-state index in [1.165, 1.54) is 7.11 Å². The molecule has 3 aromatic rings. The van der Waals surface area contributed by atoms with Crippen molar-refractivity contribution < 1.29 is 14.6 Å². The summed E-state index contributed by atoms with van der Waals surface area (Å²) in [6, 6.07) is 14.8. The predicted octanol–water partition coefficient (Wildman–Crippen LogP) is 4.88. The molecule has 0 aliphatic heterocycles. The quantitative estimate of drug-likeness (QED) is 0.537. The van der Waals surface area contributed by atoms with Crippen molar-refractivity contribution in [2.75, 3.05) is 7.11 Å².